The van der Waals surface area contributed by atoms with Crippen LogP contribution < -0.4 is 5.32 Å². The molecule has 0 bridgehead atoms. The molecule has 0 spiro atoms. The third kappa shape index (κ3) is 5.82. The molecule has 0 atom stereocenters. The standard InChI is InChI=1S/C17H16ClF3N2OS2/c1-2-25-14-6-4-3-5-12(14)15(24)22-7-8-26-16-13(18)9-11(10-23-16)17(19,20)21/h3-6,9-10H,2,7-8H2,1H3,(H,22,24). The molecule has 26 heavy (non-hydrogen) atoms. The van der Waals surface area contributed by atoms with Crippen LogP contribution in [-0.4, -0.2) is 28.9 Å². The number of halogens is 4. The molecule has 0 radical (unpaired) electrons. The lowest BCUT2D eigenvalue weighted by Crippen LogP contribution is -2.26. The number of carbonyl (C=O) groups excluding carboxylic acids is 1. The van der Waals surface area contributed by atoms with Gasteiger partial charge in [-0.1, -0.05) is 30.7 Å². The topological polar surface area (TPSA) is 42.0 Å². The maximum atomic E-state index is 12.6. The number of carbonyl (C=O) groups is 1. The second-order valence-corrected chi connectivity index (χ2v) is 7.84. The Labute approximate surface area is 163 Å². The molecule has 0 saturated carbocycles. The number of rotatable bonds is 7. The van der Waals surface area contributed by atoms with Gasteiger partial charge in [0.05, 0.1) is 16.1 Å². The lowest BCUT2D eigenvalue weighted by molar-refractivity contribution is -0.137. The number of benzene rings is 1. The summed E-state index contributed by atoms with van der Waals surface area (Å²) in [5, 5.41) is 3.05. The van der Waals surface area contributed by atoms with Crippen LogP contribution in [0.2, 0.25) is 5.02 Å². The van der Waals surface area contributed by atoms with Crippen LogP contribution in [0.4, 0.5) is 13.2 Å². The first-order valence-electron chi connectivity index (χ1n) is 7.68. The van der Waals surface area contributed by atoms with Crippen molar-refractivity contribution in [2.45, 2.75) is 23.0 Å². The van der Waals surface area contributed by atoms with E-state index in [0.29, 0.717) is 22.9 Å². The van der Waals surface area contributed by atoms with Gasteiger partial charge in [-0.3, -0.25) is 4.79 Å². The Morgan fingerprint density at radius 1 is 1.27 bits per heavy atom. The minimum atomic E-state index is -4.47. The zero-order valence-electron chi connectivity index (χ0n) is 13.8. The van der Waals surface area contributed by atoms with Crippen molar-refractivity contribution in [3.8, 4) is 0 Å². The van der Waals surface area contributed by atoms with Gasteiger partial charge < -0.3 is 5.32 Å². The predicted octanol–water partition coefficient (Wildman–Crippen LogP) is 5.39. The van der Waals surface area contributed by atoms with Crippen molar-refractivity contribution in [3.05, 3.63) is 52.7 Å². The first-order chi connectivity index (χ1) is 12.3. The van der Waals surface area contributed by atoms with Gasteiger partial charge in [-0.2, -0.15) is 13.2 Å². The minimum absolute atomic E-state index is 0.0548. The second-order valence-electron chi connectivity index (χ2n) is 5.04. The fourth-order valence-corrected chi connectivity index (χ4v) is 3.88. The van der Waals surface area contributed by atoms with Crippen LogP contribution >= 0.6 is 35.1 Å². The Kier molecular flexibility index (Phi) is 7.67. The van der Waals surface area contributed by atoms with Gasteiger partial charge in [0, 0.05) is 23.4 Å². The van der Waals surface area contributed by atoms with Crippen molar-refractivity contribution >= 4 is 41.0 Å². The fourth-order valence-electron chi connectivity index (χ4n) is 2.03. The lowest BCUT2D eigenvalue weighted by atomic mass is 10.2. The molecule has 2 rings (SSSR count). The number of pyridine rings is 1. The summed E-state index contributed by atoms with van der Waals surface area (Å²) in [5.41, 5.74) is -0.278. The molecule has 140 valence electrons. The van der Waals surface area contributed by atoms with Crippen molar-refractivity contribution in [3.63, 3.8) is 0 Å². The minimum Gasteiger partial charge on any atom is -0.351 e. The number of amides is 1. The average Bonchev–Trinajstić information content (AvgIpc) is 2.59. The predicted molar refractivity (Wildman–Crippen MR) is 100 cm³/mol. The molecule has 3 nitrogen and oxygen atoms in total. The van der Waals surface area contributed by atoms with E-state index in [-0.39, 0.29) is 10.9 Å². The first kappa shape index (κ1) is 20.9. The molecule has 0 saturated heterocycles. The van der Waals surface area contributed by atoms with Crippen molar-refractivity contribution in [2.24, 2.45) is 0 Å². The van der Waals surface area contributed by atoms with Gasteiger partial charge >= 0.3 is 6.18 Å². The average molecular weight is 421 g/mol. The number of hydrogen-bond acceptors (Lipinski definition) is 4. The van der Waals surface area contributed by atoms with Crippen LogP contribution in [0.15, 0.2) is 46.5 Å². The zero-order chi connectivity index (χ0) is 19.2. The zero-order valence-corrected chi connectivity index (χ0v) is 16.2. The smallest absolute Gasteiger partial charge is 0.351 e. The summed E-state index contributed by atoms with van der Waals surface area (Å²) in [5.74, 6) is 1.11. The molecule has 0 aliphatic carbocycles. The van der Waals surface area contributed by atoms with Crippen molar-refractivity contribution in [2.75, 3.05) is 18.1 Å². The molecular weight excluding hydrogens is 405 g/mol. The monoisotopic (exact) mass is 420 g/mol. The van der Waals surface area contributed by atoms with E-state index in [1.807, 2.05) is 19.1 Å². The number of thioether (sulfide) groups is 2. The molecule has 1 aromatic heterocycles. The summed E-state index contributed by atoms with van der Waals surface area (Å²) in [6.07, 6.45) is -3.72. The summed E-state index contributed by atoms with van der Waals surface area (Å²) in [4.78, 5) is 16.9. The fraction of sp³-hybridized carbons (Fsp3) is 0.294. The van der Waals surface area contributed by atoms with Crippen LogP contribution in [0.1, 0.15) is 22.8 Å². The Balaban J connectivity index is 1.88. The third-order valence-corrected chi connectivity index (χ3v) is 5.56. The van der Waals surface area contributed by atoms with E-state index in [1.54, 1.807) is 23.9 Å². The highest BCUT2D eigenvalue weighted by Gasteiger charge is 2.31. The van der Waals surface area contributed by atoms with Gasteiger partial charge in [0.25, 0.3) is 5.91 Å². The van der Waals surface area contributed by atoms with Gasteiger partial charge in [0.1, 0.15) is 5.03 Å². The maximum absolute atomic E-state index is 12.6. The van der Waals surface area contributed by atoms with Crippen LogP contribution in [0.5, 0.6) is 0 Å². The Bertz CT molecular complexity index is 772. The van der Waals surface area contributed by atoms with Crippen LogP contribution in [-0.2, 0) is 6.18 Å². The SMILES string of the molecule is CCSc1ccccc1C(=O)NCCSc1ncc(C(F)(F)F)cc1Cl. The van der Waals surface area contributed by atoms with E-state index < -0.39 is 11.7 Å². The van der Waals surface area contributed by atoms with Crippen LogP contribution in [0.25, 0.3) is 0 Å². The molecule has 1 amide bonds. The van der Waals surface area contributed by atoms with Crippen molar-refractivity contribution < 1.29 is 18.0 Å². The lowest BCUT2D eigenvalue weighted by Gasteiger charge is -2.10. The van der Waals surface area contributed by atoms with Gasteiger partial charge in [-0.05, 0) is 24.0 Å². The summed E-state index contributed by atoms with van der Waals surface area (Å²) >= 11 is 8.63. The summed E-state index contributed by atoms with van der Waals surface area (Å²) in [7, 11) is 0. The van der Waals surface area contributed by atoms with Gasteiger partial charge in [0.2, 0.25) is 0 Å². The second kappa shape index (κ2) is 9.53. The van der Waals surface area contributed by atoms with Gasteiger partial charge in [0.15, 0.2) is 0 Å². The van der Waals surface area contributed by atoms with Gasteiger partial charge in [-0.15, -0.1) is 23.5 Å². The van der Waals surface area contributed by atoms with Crippen molar-refractivity contribution in [1.29, 1.82) is 0 Å². The van der Waals surface area contributed by atoms with E-state index in [2.05, 4.69) is 10.3 Å². The van der Waals surface area contributed by atoms with Crippen molar-refractivity contribution in [1.82, 2.24) is 10.3 Å². The molecule has 0 aliphatic rings. The Morgan fingerprint density at radius 3 is 2.65 bits per heavy atom. The molecular formula is C17H16ClF3N2OS2. The van der Waals surface area contributed by atoms with Crippen LogP contribution in [0, 0.1) is 0 Å². The number of hydrogen-bond donors (Lipinski definition) is 1. The molecule has 0 fully saturated rings. The highest BCUT2D eigenvalue weighted by molar-refractivity contribution is 7.99. The number of nitrogens with zero attached hydrogens (tertiary/aromatic N) is 1. The highest BCUT2D eigenvalue weighted by Crippen LogP contribution is 2.33. The maximum Gasteiger partial charge on any atom is 0.417 e. The van der Waals surface area contributed by atoms with E-state index >= 15 is 0 Å². The summed E-state index contributed by atoms with van der Waals surface area (Å²) in [6.45, 7) is 2.35. The quantitative estimate of drug-likeness (QED) is 0.481. The number of nitrogens with one attached hydrogen (secondary N) is 1. The molecule has 0 aliphatic heterocycles. The van der Waals surface area contributed by atoms with E-state index in [9.17, 15) is 18.0 Å². The largest absolute Gasteiger partial charge is 0.417 e. The normalized spacial score (nSPS) is 11.4. The van der Waals surface area contributed by atoms with E-state index in [0.717, 1.165) is 22.9 Å². The summed E-state index contributed by atoms with van der Waals surface area (Å²) in [6, 6.07) is 8.18. The van der Waals surface area contributed by atoms with E-state index in [4.69, 9.17) is 11.6 Å². The molecule has 0 unspecified atom stereocenters. The molecule has 9 heteroatoms. The third-order valence-electron chi connectivity index (χ3n) is 3.19. The Hall–Kier alpha value is -1.38. The van der Waals surface area contributed by atoms with Crippen LogP contribution in [0.3, 0.4) is 0 Å². The summed E-state index contributed by atoms with van der Waals surface area (Å²) < 4.78 is 37.8. The molecule has 1 aromatic carbocycles. The Morgan fingerprint density at radius 2 is 2.00 bits per heavy atom. The number of aromatic nitrogens is 1. The molecule has 1 N–H and O–H groups in total. The molecule has 1 heterocycles. The highest BCUT2D eigenvalue weighted by atomic mass is 35.5. The number of alkyl halides is 3. The van der Waals surface area contributed by atoms with Gasteiger partial charge in [-0.25, -0.2) is 4.98 Å². The molecule has 2 aromatic rings. The van der Waals surface area contributed by atoms with E-state index in [1.165, 1.54) is 11.8 Å². The first-order valence-corrected chi connectivity index (χ1v) is 10.0.